The molecule has 1 saturated carbocycles. The first-order valence-corrected chi connectivity index (χ1v) is 8.56. The lowest BCUT2D eigenvalue weighted by molar-refractivity contribution is -0.142. The maximum Gasteiger partial charge on any atom is 0.226 e. The van der Waals surface area contributed by atoms with Gasteiger partial charge in [-0.2, -0.15) is 0 Å². The predicted molar refractivity (Wildman–Crippen MR) is 81.4 cm³/mol. The van der Waals surface area contributed by atoms with Crippen LogP contribution in [0.5, 0.6) is 0 Å². The highest BCUT2D eigenvalue weighted by atomic mass is 16.2. The van der Waals surface area contributed by atoms with Crippen LogP contribution in [0.4, 0.5) is 0 Å². The number of nitrogens with zero attached hydrogens (tertiary/aromatic N) is 1. The number of carbonyl (C=O) groups is 1. The van der Waals surface area contributed by atoms with Crippen molar-refractivity contribution in [2.75, 3.05) is 19.6 Å². The summed E-state index contributed by atoms with van der Waals surface area (Å²) in [5.41, 5.74) is 0.198. The van der Waals surface area contributed by atoms with E-state index in [0.29, 0.717) is 23.8 Å². The van der Waals surface area contributed by atoms with Crippen LogP contribution in [0.1, 0.15) is 52.9 Å². The number of nitrogens with one attached hydrogen (secondary N) is 1. The van der Waals surface area contributed by atoms with Crippen molar-refractivity contribution < 1.29 is 4.79 Å². The highest BCUT2D eigenvalue weighted by Crippen LogP contribution is 2.44. The molecule has 0 aromatic heterocycles. The van der Waals surface area contributed by atoms with Crippen molar-refractivity contribution in [2.45, 2.75) is 58.9 Å². The van der Waals surface area contributed by atoms with Gasteiger partial charge in [0.05, 0.1) is 0 Å². The van der Waals surface area contributed by atoms with Gasteiger partial charge in [-0.05, 0) is 36.5 Å². The fourth-order valence-corrected chi connectivity index (χ4v) is 4.95. The molecule has 4 unspecified atom stereocenters. The Morgan fingerprint density at radius 2 is 2.10 bits per heavy atom. The highest BCUT2D eigenvalue weighted by molar-refractivity contribution is 5.80. The summed E-state index contributed by atoms with van der Waals surface area (Å²) in [7, 11) is 0. The molecule has 4 atom stereocenters. The van der Waals surface area contributed by atoms with E-state index in [-0.39, 0.29) is 11.3 Å². The molecule has 0 bridgehead atoms. The molecule has 3 fully saturated rings. The predicted octanol–water partition coefficient (Wildman–Crippen LogP) is 2.66. The SMILES string of the molecule is CCC1C2CNCC2CN1C(=O)C1CCCCC1(C)C. The van der Waals surface area contributed by atoms with Gasteiger partial charge in [0.2, 0.25) is 5.91 Å². The molecular formula is C17H30N2O. The van der Waals surface area contributed by atoms with Gasteiger partial charge in [0.1, 0.15) is 0 Å². The first-order chi connectivity index (χ1) is 9.54. The van der Waals surface area contributed by atoms with Gasteiger partial charge in [0.15, 0.2) is 0 Å². The summed E-state index contributed by atoms with van der Waals surface area (Å²) in [5.74, 6) is 2.14. The van der Waals surface area contributed by atoms with E-state index < -0.39 is 0 Å². The minimum atomic E-state index is 0.198. The van der Waals surface area contributed by atoms with Crippen LogP contribution in [0.15, 0.2) is 0 Å². The average Bonchev–Trinajstić information content (AvgIpc) is 2.97. The number of amides is 1. The Hall–Kier alpha value is -0.570. The average molecular weight is 278 g/mol. The number of carbonyl (C=O) groups excluding carboxylic acids is 1. The Morgan fingerprint density at radius 1 is 1.30 bits per heavy atom. The van der Waals surface area contributed by atoms with Crippen LogP contribution in [0, 0.1) is 23.2 Å². The number of rotatable bonds is 2. The summed E-state index contributed by atoms with van der Waals surface area (Å²) < 4.78 is 0. The number of fused-ring (bicyclic) bond motifs is 1. The second-order valence-corrected chi connectivity index (χ2v) is 7.84. The Bertz CT molecular complexity index is 379. The van der Waals surface area contributed by atoms with Gasteiger partial charge in [-0.3, -0.25) is 4.79 Å². The van der Waals surface area contributed by atoms with Crippen LogP contribution < -0.4 is 5.32 Å². The molecule has 2 heterocycles. The molecule has 0 aromatic carbocycles. The van der Waals surface area contributed by atoms with E-state index in [0.717, 1.165) is 32.5 Å². The summed E-state index contributed by atoms with van der Waals surface area (Å²) in [6.45, 7) is 10.1. The monoisotopic (exact) mass is 278 g/mol. The van der Waals surface area contributed by atoms with Crippen molar-refractivity contribution >= 4 is 5.91 Å². The Labute approximate surface area is 123 Å². The van der Waals surface area contributed by atoms with Crippen LogP contribution in [0.3, 0.4) is 0 Å². The van der Waals surface area contributed by atoms with E-state index >= 15 is 0 Å². The molecule has 3 heteroatoms. The third kappa shape index (κ3) is 2.28. The topological polar surface area (TPSA) is 32.3 Å². The number of hydrogen-bond donors (Lipinski definition) is 1. The fraction of sp³-hybridized carbons (Fsp3) is 0.941. The summed E-state index contributed by atoms with van der Waals surface area (Å²) >= 11 is 0. The summed E-state index contributed by atoms with van der Waals surface area (Å²) in [5, 5.41) is 3.51. The van der Waals surface area contributed by atoms with Crippen LogP contribution in [0.2, 0.25) is 0 Å². The fourth-order valence-electron chi connectivity index (χ4n) is 4.95. The maximum absolute atomic E-state index is 13.1. The third-order valence-electron chi connectivity index (χ3n) is 6.22. The van der Waals surface area contributed by atoms with Crippen LogP contribution >= 0.6 is 0 Å². The van der Waals surface area contributed by atoms with Crippen molar-refractivity contribution in [3.8, 4) is 0 Å². The second-order valence-electron chi connectivity index (χ2n) is 7.84. The first kappa shape index (κ1) is 14.4. The third-order valence-corrected chi connectivity index (χ3v) is 6.22. The standard InChI is InChI=1S/C17H30N2O/c1-4-15-13-10-18-9-12(13)11-19(15)16(20)14-7-5-6-8-17(14,2)3/h12-15,18H,4-11H2,1-3H3. The normalized spacial score (nSPS) is 39.9. The van der Waals surface area contributed by atoms with Gasteiger partial charge >= 0.3 is 0 Å². The van der Waals surface area contributed by atoms with Crippen LogP contribution in [0.25, 0.3) is 0 Å². The van der Waals surface area contributed by atoms with E-state index in [1.54, 1.807) is 0 Å². The van der Waals surface area contributed by atoms with Crippen molar-refractivity contribution in [1.29, 1.82) is 0 Å². The lowest BCUT2D eigenvalue weighted by atomic mass is 9.68. The molecule has 1 aliphatic carbocycles. The van der Waals surface area contributed by atoms with Gasteiger partial charge in [0, 0.05) is 31.6 Å². The second kappa shape index (κ2) is 5.32. The van der Waals surface area contributed by atoms with Gasteiger partial charge in [-0.1, -0.05) is 33.6 Å². The Balaban J connectivity index is 1.76. The number of hydrogen-bond acceptors (Lipinski definition) is 2. The summed E-state index contributed by atoms with van der Waals surface area (Å²) in [4.78, 5) is 15.4. The molecule has 114 valence electrons. The van der Waals surface area contributed by atoms with Gasteiger partial charge in [-0.25, -0.2) is 0 Å². The van der Waals surface area contributed by atoms with E-state index in [9.17, 15) is 4.79 Å². The molecule has 2 saturated heterocycles. The summed E-state index contributed by atoms with van der Waals surface area (Å²) in [6, 6.07) is 0.486. The van der Waals surface area contributed by atoms with Gasteiger partial charge in [0.25, 0.3) is 0 Å². The lowest BCUT2D eigenvalue weighted by Crippen LogP contribution is -2.47. The zero-order valence-corrected chi connectivity index (χ0v) is 13.3. The zero-order valence-electron chi connectivity index (χ0n) is 13.3. The van der Waals surface area contributed by atoms with E-state index in [2.05, 4.69) is 31.0 Å². The molecule has 1 N–H and O–H groups in total. The summed E-state index contributed by atoms with van der Waals surface area (Å²) in [6.07, 6.45) is 5.96. The van der Waals surface area contributed by atoms with Crippen molar-refractivity contribution in [3.63, 3.8) is 0 Å². The number of likely N-dealkylation sites (tertiary alicyclic amines) is 1. The molecule has 3 rings (SSSR count). The Morgan fingerprint density at radius 3 is 2.80 bits per heavy atom. The molecule has 0 spiro atoms. The van der Waals surface area contributed by atoms with E-state index in [1.165, 1.54) is 19.3 Å². The molecule has 3 nitrogen and oxygen atoms in total. The maximum atomic E-state index is 13.1. The van der Waals surface area contributed by atoms with Gasteiger partial charge < -0.3 is 10.2 Å². The molecule has 0 aromatic rings. The molecule has 0 radical (unpaired) electrons. The quantitative estimate of drug-likeness (QED) is 0.842. The Kier molecular flexibility index (Phi) is 3.83. The molecular weight excluding hydrogens is 248 g/mol. The zero-order chi connectivity index (χ0) is 14.3. The molecule has 1 amide bonds. The minimum absolute atomic E-state index is 0.198. The highest BCUT2D eigenvalue weighted by Gasteiger charge is 2.48. The largest absolute Gasteiger partial charge is 0.339 e. The van der Waals surface area contributed by atoms with E-state index in [1.807, 2.05) is 0 Å². The lowest BCUT2D eigenvalue weighted by Gasteiger charge is -2.41. The first-order valence-electron chi connectivity index (χ1n) is 8.56. The van der Waals surface area contributed by atoms with Crippen molar-refractivity contribution in [3.05, 3.63) is 0 Å². The van der Waals surface area contributed by atoms with Crippen molar-refractivity contribution in [1.82, 2.24) is 10.2 Å². The molecule has 20 heavy (non-hydrogen) atoms. The van der Waals surface area contributed by atoms with Crippen molar-refractivity contribution in [2.24, 2.45) is 23.2 Å². The smallest absolute Gasteiger partial charge is 0.226 e. The van der Waals surface area contributed by atoms with Crippen LogP contribution in [-0.4, -0.2) is 36.5 Å². The minimum Gasteiger partial charge on any atom is -0.339 e. The van der Waals surface area contributed by atoms with Gasteiger partial charge in [-0.15, -0.1) is 0 Å². The van der Waals surface area contributed by atoms with Crippen LogP contribution in [-0.2, 0) is 4.79 Å². The molecule has 2 aliphatic heterocycles. The van der Waals surface area contributed by atoms with E-state index in [4.69, 9.17) is 0 Å². The molecule has 3 aliphatic rings.